The van der Waals surface area contributed by atoms with Crippen LogP contribution in [-0.2, 0) is 9.47 Å². The lowest BCUT2D eigenvalue weighted by atomic mass is 10.1. The fraction of sp³-hybridized carbons (Fsp3) is 0.333. The summed E-state index contributed by atoms with van der Waals surface area (Å²) in [4.78, 5) is 45.7. The summed E-state index contributed by atoms with van der Waals surface area (Å²) in [5.41, 5.74) is -0.0551. The van der Waals surface area contributed by atoms with Gasteiger partial charge in [-0.2, -0.15) is 0 Å². The zero-order valence-electron chi connectivity index (χ0n) is 19.4. The van der Waals surface area contributed by atoms with Crippen LogP contribution in [0.2, 0.25) is 0 Å². The third-order valence-corrected chi connectivity index (χ3v) is 8.17. The summed E-state index contributed by atoms with van der Waals surface area (Å²) in [5.74, 6) is -3.56. The summed E-state index contributed by atoms with van der Waals surface area (Å²) in [7, 11) is 0. The fourth-order valence-corrected chi connectivity index (χ4v) is 3.93. The Morgan fingerprint density at radius 3 is 1.14 bits per heavy atom. The van der Waals surface area contributed by atoms with Crippen LogP contribution >= 0.6 is 63.7 Å². The zero-order chi connectivity index (χ0) is 27.4. The van der Waals surface area contributed by atoms with E-state index in [-0.39, 0.29) is 22.3 Å². The molecular weight excluding hydrogens is 736 g/mol. The lowest BCUT2D eigenvalue weighted by Crippen LogP contribution is -2.15. The first-order chi connectivity index (χ1) is 16.9. The molecule has 0 amide bonds. The number of carboxylic acids is 2. The summed E-state index contributed by atoms with van der Waals surface area (Å²) in [6.45, 7) is 4.71. The predicted molar refractivity (Wildman–Crippen MR) is 148 cm³/mol. The summed E-state index contributed by atoms with van der Waals surface area (Å²) < 4.78 is 12.8. The van der Waals surface area contributed by atoms with Crippen molar-refractivity contribution in [1.82, 2.24) is 0 Å². The quantitative estimate of drug-likeness (QED) is 0.186. The molecule has 0 saturated carbocycles. The van der Waals surface area contributed by atoms with Crippen molar-refractivity contribution >= 4 is 87.6 Å². The van der Waals surface area contributed by atoms with Gasteiger partial charge in [0.1, 0.15) is 0 Å². The molecule has 0 spiro atoms. The van der Waals surface area contributed by atoms with Crippen LogP contribution in [0.3, 0.4) is 0 Å². The van der Waals surface area contributed by atoms with E-state index in [0.29, 0.717) is 31.1 Å². The van der Waals surface area contributed by atoms with Crippen molar-refractivity contribution in [2.24, 2.45) is 0 Å². The van der Waals surface area contributed by atoms with Crippen LogP contribution in [0.15, 0.2) is 42.2 Å². The maximum Gasteiger partial charge on any atom is 0.339 e. The topological polar surface area (TPSA) is 127 Å². The average molecular weight is 760 g/mol. The first-order valence-electron chi connectivity index (χ1n) is 10.7. The maximum atomic E-state index is 12.2. The smallest absolute Gasteiger partial charge is 0.339 e. The second-order valence-corrected chi connectivity index (χ2v) is 10.6. The van der Waals surface area contributed by atoms with Gasteiger partial charge >= 0.3 is 23.9 Å². The van der Waals surface area contributed by atoms with E-state index in [0.717, 1.165) is 25.7 Å². The van der Waals surface area contributed by atoms with Gasteiger partial charge in [-0.3, -0.25) is 0 Å². The van der Waals surface area contributed by atoms with Crippen LogP contribution in [0.4, 0.5) is 0 Å². The second-order valence-electron chi connectivity index (χ2n) is 7.21. The molecular formula is C24H24Br4O8. The van der Waals surface area contributed by atoms with Crippen LogP contribution < -0.4 is 0 Å². The van der Waals surface area contributed by atoms with E-state index in [9.17, 15) is 19.2 Å². The van der Waals surface area contributed by atoms with Crippen molar-refractivity contribution in [2.75, 3.05) is 13.2 Å². The Bertz CT molecular complexity index is 1030. The van der Waals surface area contributed by atoms with Gasteiger partial charge in [0, 0.05) is 17.9 Å². The molecule has 0 heterocycles. The molecule has 0 unspecified atom stereocenters. The Morgan fingerprint density at radius 1 is 0.611 bits per heavy atom. The highest BCUT2D eigenvalue weighted by Gasteiger charge is 2.22. The standard InChI is InChI=1S/C16H20Br2O4.C8H4Br2O4/c1-3-5-7-21-15(19)11-9-13(17)14(18)10-12(11)16(20)22-8-6-4-2;9-5-1-3(7(11)12)4(8(13)14)2-6(5)10/h9-10H,3-8H2,1-2H3;1-2H,(H,11,12)(H,13,14). The van der Waals surface area contributed by atoms with E-state index in [1.165, 1.54) is 12.1 Å². The van der Waals surface area contributed by atoms with Gasteiger partial charge in [0.25, 0.3) is 0 Å². The van der Waals surface area contributed by atoms with Crippen molar-refractivity contribution in [1.29, 1.82) is 0 Å². The normalized spacial score (nSPS) is 10.2. The Kier molecular flexibility index (Phi) is 14.5. The van der Waals surface area contributed by atoms with Gasteiger partial charge in [-0.1, -0.05) is 26.7 Å². The number of ether oxygens (including phenoxy) is 2. The SMILES string of the molecule is CCCCOC(=O)c1cc(Br)c(Br)cc1C(=O)OCCCC.O=C(O)c1cc(Br)c(Br)cc1C(=O)O. The molecule has 0 atom stereocenters. The zero-order valence-corrected chi connectivity index (χ0v) is 25.8. The molecule has 2 aromatic carbocycles. The second kappa shape index (κ2) is 16.2. The van der Waals surface area contributed by atoms with Crippen molar-refractivity contribution in [3.05, 3.63) is 64.4 Å². The molecule has 8 nitrogen and oxygen atoms in total. The molecule has 0 saturated heterocycles. The molecule has 12 heteroatoms. The number of esters is 2. The van der Waals surface area contributed by atoms with Gasteiger partial charge < -0.3 is 19.7 Å². The number of benzene rings is 2. The minimum Gasteiger partial charge on any atom is -0.478 e. The molecule has 0 aliphatic carbocycles. The molecule has 0 aromatic heterocycles. The number of hydrogen-bond acceptors (Lipinski definition) is 6. The van der Waals surface area contributed by atoms with E-state index < -0.39 is 23.9 Å². The van der Waals surface area contributed by atoms with Crippen LogP contribution in [0.1, 0.15) is 81.0 Å². The number of rotatable bonds is 10. The van der Waals surface area contributed by atoms with Gasteiger partial charge in [0.15, 0.2) is 0 Å². The van der Waals surface area contributed by atoms with E-state index >= 15 is 0 Å². The molecule has 0 bridgehead atoms. The molecule has 2 rings (SSSR count). The van der Waals surface area contributed by atoms with Gasteiger partial charge in [0.05, 0.1) is 35.5 Å². The first-order valence-corrected chi connectivity index (χ1v) is 13.9. The monoisotopic (exact) mass is 756 g/mol. The first kappa shape index (κ1) is 32.3. The number of hydrogen-bond donors (Lipinski definition) is 2. The van der Waals surface area contributed by atoms with E-state index in [2.05, 4.69) is 63.7 Å². The molecule has 36 heavy (non-hydrogen) atoms. The summed E-state index contributed by atoms with van der Waals surface area (Å²) in [6, 6.07) is 5.65. The summed E-state index contributed by atoms with van der Waals surface area (Å²) in [5, 5.41) is 17.5. The van der Waals surface area contributed by atoms with E-state index in [1.54, 1.807) is 12.1 Å². The van der Waals surface area contributed by atoms with Crippen LogP contribution in [0.25, 0.3) is 0 Å². The maximum absolute atomic E-state index is 12.2. The van der Waals surface area contributed by atoms with Crippen LogP contribution in [0.5, 0.6) is 0 Å². The largest absolute Gasteiger partial charge is 0.478 e. The molecule has 2 N–H and O–H groups in total. The number of unbranched alkanes of at least 4 members (excludes halogenated alkanes) is 2. The molecule has 0 fully saturated rings. The van der Waals surface area contributed by atoms with Gasteiger partial charge in [-0.25, -0.2) is 19.2 Å². The molecule has 196 valence electrons. The lowest BCUT2D eigenvalue weighted by molar-refractivity contribution is 0.0452. The molecule has 2 aromatic rings. The predicted octanol–water partition coefficient (Wildman–Crippen LogP) is 7.73. The minimum absolute atomic E-state index is 0.215. The number of carbonyl (C=O) groups is 4. The fourth-order valence-electron chi connectivity index (χ4n) is 2.56. The molecule has 0 aliphatic rings. The summed E-state index contributed by atoms with van der Waals surface area (Å²) >= 11 is 12.9. The van der Waals surface area contributed by atoms with Gasteiger partial charge in [-0.05, 0) is 101 Å². The molecule has 0 radical (unpaired) electrons. The molecule has 0 aliphatic heterocycles. The number of carboxylic acid groups (broad SMARTS) is 2. The highest BCUT2D eigenvalue weighted by atomic mass is 79.9. The van der Waals surface area contributed by atoms with Crippen LogP contribution in [-0.4, -0.2) is 47.3 Å². The summed E-state index contributed by atoms with van der Waals surface area (Å²) in [6.07, 6.45) is 3.45. The van der Waals surface area contributed by atoms with Crippen molar-refractivity contribution in [3.8, 4) is 0 Å². The average Bonchev–Trinajstić information content (AvgIpc) is 2.82. The Hall–Kier alpha value is -1.76. The van der Waals surface area contributed by atoms with Crippen molar-refractivity contribution in [2.45, 2.75) is 39.5 Å². The Labute approximate surface area is 242 Å². The van der Waals surface area contributed by atoms with Crippen molar-refractivity contribution in [3.63, 3.8) is 0 Å². The van der Waals surface area contributed by atoms with E-state index in [4.69, 9.17) is 19.7 Å². The lowest BCUT2D eigenvalue weighted by Gasteiger charge is -2.11. The van der Waals surface area contributed by atoms with Gasteiger partial charge in [0.2, 0.25) is 0 Å². The van der Waals surface area contributed by atoms with Crippen LogP contribution in [0, 0.1) is 0 Å². The third kappa shape index (κ3) is 9.95. The minimum atomic E-state index is -1.27. The number of carbonyl (C=O) groups excluding carboxylic acids is 2. The number of aromatic carboxylic acids is 2. The Balaban J connectivity index is 0.000000397. The number of halogens is 4. The van der Waals surface area contributed by atoms with E-state index in [1.807, 2.05) is 13.8 Å². The third-order valence-electron chi connectivity index (χ3n) is 4.48. The van der Waals surface area contributed by atoms with Gasteiger partial charge in [-0.15, -0.1) is 0 Å². The highest BCUT2D eigenvalue weighted by molar-refractivity contribution is 9.13. The highest BCUT2D eigenvalue weighted by Crippen LogP contribution is 2.28. The van der Waals surface area contributed by atoms with Crippen molar-refractivity contribution < 1.29 is 38.9 Å². The Morgan fingerprint density at radius 2 is 0.889 bits per heavy atom.